The molecule has 98 valence electrons. The van der Waals surface area contributed by atoms with Crippen molar-refractivity contribution in [2.24, 2.45) is 17.3 Å². The molecule has 0 N–H and O–H groups in total. The summed E-state index contributed by atoms with van der Waals surface area (Å²) in [4.78, 5) is 14.3. The Morgan fingerprint density at radius 3 is 2.50 bits per heavy atom. The molecule has 0 spiro atoms. The molecule has 2 saturated carbocycles. The van der Waals surface area contributed by atoms with E-state index in [2.05, 4.69) is 39.8 Å². The standard InChI is InChI=1S/C15H22N2O/c1-10(2)9-12-13(15(12,3)4)14(18)17(8-7-16)11-5-6-11/h9,11-13H,5-6,8H2,1-4H3/t12-,13-/m0/s1. The van der Waals surface area contributed by atoms with Crippen molar-refractivity contribution in [3.05, 3.63) is 11.6 Å². The van der Waals surface area contributed by atoms with Crippen LogP contribution in [0.15, 0.2) is 11.6 Å². The van der Waals surface area contributed by atoms with Crippen LogP contribution in [-0.2, 0) is 4.79 Å². The van der Waals surface area contributed by atoms with Crippen LogP contribution in [0.1, 0.15) is 40.5 Å². The zero-order chi connectivity index (χ0) is 13.5. The molecule has 0 aromatic heterocycles. The van der Waals surface area contributed by atoms with E-state index in [0.29, 0.717) is 12.0 Å². The Labute approximate surface area is 109 Å². The van der Waals surface area contributed by atoms with Gasteiger partial charge in [-0.25, -0.2) is 0 Å². The summed E-state index contributed by atoms with van der Waals surface area (Å²) in [6.07, 6.45) is 4.34. The Kier molecular flexibility index (Phi) is 3.23. The monoisotopic (exact) mass is 246 g/mol. The van der Waals surface area contributed by atoms with Crippen LogP contribution >= 0.6 is 0 Å². The van der Waals surface area contributed by atoms with Gasteiger partial charge in [-0.3, -0.25) is 4.79 Å². The minimum atomic E-state index is 0.0525. The first kappa shape index (κ1) is 13.1. The van der Waals surface area contributed by atoms with Gasteiger partial charge in [0.2, 0.25) is 5.91 Å². The molecule has 3 nitrogen and oxygen atoms in total. The molecule has 0 saturated heterocycles. The van der Waals surface area contributed by atoms with Crippen molar-refractivity contribution in [3.8, 4) is 6.07 Å². The van der Waals surface area contributed by atoms with Gasteiger partial charge in [0.15, 0.2) is 0 Å². The van der Waals surface area contributed by atoms with Crippen molar-refractivity contribution < 1.29 is 4.79 Å². The first-order chi connectivity index (χ1) is 8.39. The van der Waals surface area contributed by atoms with Gasteiger partial charge in [0.1, 0.15) is 6.54 Å². The number of hydrogen-bond acceptors (Lipinski definition) is 2. The van der Waals surface area contributed by atoms with Crippen molar-refractivity contribution in [3.63, 3.8) is 0 Å². The van der Waals surface area contributed by atoms with E-state index < -0.39 is 0 Å². The third kappa shape index (κ3) is 2.29. The van der Waals surface area contributed by atoms with Gasteiger partial charge in [0.05, 0.1) is 12.0 Å². The maximum atomic E-state index is 12.5. The van der Waals surface area contributed by atoms with Crippen LogP contribution in [0, 0.1) is 28.6 Å². The van der Waals surface area contributed by atoms with Gasteiger partial charge in [-0.2, -0.15) is 5.26 Å². The Bertz CT molecular complexity index is 422. The summed E-state index contributed by atoms with van der Waals surface area (Å²) in [6, 6.07) is 2.46. The number of allylic oxidation sites excluding steroid dienone is 2. The third-order valence-electron chi connectivity index (χ3n) is 4.20. The fourth-order valence-electron chi connectivity index (χ4n) is 2.85. The van der Waals surface area contributed by atoms with E-state index in [9.17, 15) is 4.79 Å². The van der Waals surface area contributed by atoms with Crippen LogP contribution in [0.4, 0.5) is 0 Å². The first-order valence-electron chi connectivity index (χ1n) is 6.72. The van der Waals surface area contributed by atoms with Gasteiger partial charge in [0, 0.05) is 6.04 Å². The van der Waals surface area contributed by atoms with E-state index in [1.807, 2.05) is 0 Å². The molecule has 0 bridgehead atoms. The molecule has 2 fully saturated rings. The lowest BCUT2D eigenvalue weighted by atomic mass is 10.1. The minimum absolute atomic E-state index is 0.0525. The van der Waals surface area contributed by atoms with Gasteiger partial charge in [-0.05, 0) is 38.0 Å². The van der Waals surface area contributed by atoms with E-state index in [1.54, 1.807) is 4.90 Å². The molecule has 0 aliphatic heterocycles. The summed E-state index contributed by atoms with van der Waals surface area (Å²) in [6.45, 7) is 8.69. The second kappa shape index (κ2) is 4.42. The highest BCUT2D eigenvalue weighted by molar-refractivity contribution is 5.84. The van der Waals surface area contributed by atoms with Crippen LogP contribution in [0.3, 0.4) is 0 Å². The van der Waals surface area contributed by atoms with Crippen LogP contribution in [0.5, 0.6) is 0 Å². The average Bonchev–Trinajstić information content (AvgIpc) is 3.14. The predicted octanol–water partition coefficient (Wildman–Crippen LogP) is 2.74. The Morgan fingerprint density at radius 2 is 2.06 bits per heavy atom. The molecular weight excluding hydrogens is 224 g/mol. The van der Waals surface area contributed by atoms with Gasteiger partial charge in [0.25, 0.3) is 0 Å². The molecule has 18 heavy (non-hydrogen) atoms. The number of hydrogen-bond donors (Lipinski definition) is 0. The van der Waals surface area contributed by atoms with E-state index in [4.69, 9.17) is 5.26 Å². The molecule has 0 aromatic carbocycles. The van der Waals surface area contributed by atoms with E-state index >= 15 is 0 Å². The van der Waals surface area contributed by atoms with E-state index in [0.717, 1.165) is 12.8 Å². The summed E-state index contributed by atoms with van der Waals surface area (Å²) >= 11 is 0. The van der Waals surface area contributed by atoms with Crippen LogP contribution in [-0.4, -0.2) is 23.4 Å². The number of amides is 1. The molecule has 2 aliphatic rings. The van der Waals surface area contributed by atoms with Crippen LogP contribution in [0.25, 0.3) is 0 Å². The number of carbonyl (C=O) groups is 1. The van der Waals surface area contributed by atoms with E-state index in [-0.39, 0.29) is 23.8 Å². The molecule has 2 rings (SSSR count). The number of carbonyl (C=O) groups excluding carboxylic acids is 1. The molecule has 2 aliphatic carbocycles. The summed E-state index contributed by atoms with van der Waals surface area (Å²) in [5, 5.41) is 8.85. The maximum absolute atomic E-state index is 12.5. The van der Waals surface area contributed by atoms with Gasteiger partial charge < -0.3 is 4.90 Å². The molecule has 0 aromatic rings. The van der Waals surface area contributed by atoms with Gasteiger partial charge >= 0.3 is 0 Å². The topological polar surface area (TPSA) is 44.1 Å². The van der Waals surface area contributed by atoms with Crippen molar-refractivity contribution >= 4 is 5.91 Å². The smallest absolute Gasteiger partial charge is 0.227 e. The highest BCUT2D eigenvalue weighted by Gasteiger charge is 2.61. The minimum Gasteiger partial charge on any atom is -0.326 e. The average molecular weight is 246 g/mol. The SMILES string of the molecule is CC(C)=C[C@H]1[C@@H](C(=O)N(CC#N)C2CC2)C1(C)C. The third-order valence-corrected chi connectivity index (χ3v) is 4.20. The number of nitrogens with zero attached hydrogens (tertiary/aromatic N) is 2. The fraction of sp³-hybridized carbons (Fsp3) is 0.733. The number of rotatable bonds is 4. The number of nitriles is 1. The normalized spacial score (nSPS) is 28.2. The Morgan fingerprint density at radius 1 is 1.44 bits per heavy atom. The highest BCUT2D eigenvalue weighted by atomic mass is 16.2. The first-order valence-corrected chi connectivity index (χ1v) is 6.72. The van der Waals surface area contributed by atoms with Crippen LogP contribution < -0.4 is 0 Å². The van der Waals surface area contributed by atoms with Crippen LogP contribution in [0.2, 0.25) is 0 Å². The molecule has 0 heterocycles. The highest BCUT2D eigenvalue weighted by Crippen LogP contribution is 2.60. The van der Waals surface area contributed by atoms with Gasteiger partial charge in [-0.1, -0.05) is 25.5 Å². The largest absolute Gasteiger partial charge is 0.326 e. The summed E-state index contributed by atoms with van der Waals surface area (Å²) < 4.78 is 0. The van der Waals surface area contributed by atoms with Crippen molar-refractivity contribution in [1.82, 2.24) is 4.90 Å². The van der Waals surface area contributed by atoms with Crippen molar-refractivity contribution in [2.45, 2.75) is 46.6 Å². The molecule has 0 radical (unpaired) electrons. The lowest BCUT2D eigenvalue weighted by molar-refractivity contribution is -0.133. The fourth-order valence-corrected chi connectivity index (χ4v) is 2.85. The molecule has 1 amide bonds. The molecule has 3 heteroatoms. The predicted molar refractivity (Wildman–Crippen MR) is 70.5 cm³/mol. The molecule has 0 unspecified atom stereocenters. The zero-order valence-corrected chi connectivity index (χ0v) is 11.7. The lowest BCUT2D eigenvalue weighted by Crippen LogP contribution is -2.35. The van der Waals surface area contributed by atoms with E-state index in [1.165, 1.54) is 5.57 Å². The van der Waals surface area contributed by atoms with Gasteiger partial charge in [-0.15, -0.1) is 0 Å². The van der Waals surface area contributed by atoms with Crippen molar-refractivity contribution in [2.75, 3.05) is 6.54 Å². The summed E-state index contributed by atoms with van der Waals surface area (Å²) in [5.41, 5.74) is 1.32. The lowest BCUT2D eigenvalue weighted by Gasteiger charge is -2.19. The quantitative estimate of drug-likeness (QED) is 0.565. The second-order valence-corrected chi connectivity index (χ2v) is 6.42. The summed E-state index contributed by atoms with van der Waals surface area (Å²) in [7, 11) is 0. The zero-order valence-electron chi connectivity index (χ0n) is 11.7. The van der Waals surface area contributed by atoms with Crippen molar-refractivity contribution in [1.29, 1.82) is 5.26 Å². The maximum Gasteiger partial charge on any atom is 0.227 e. The molecular formula is C15H22N2O. The second-order valence-electron chi connectivity index (χ2n) is 6.42. The Balaban J connectivity index is 2.10. The summed E-state index contributed by atoms with van der Waals surface area (Å²) in [5.74, 6) is 0.600. The molecule has 2 atom stereocenters. The Hall–Kier alpha value is -1.30.